The van der Waals surface area contributed by atoms with Gasteiger partial charge in [0, 0.05) is 23.8 Å². The first-order valence-electron chi connectivity index (χ1n) is 7.18. The van der Waals surface area contributed by atoms with Crippen molar-refractivity contribution in [1.29, 1.82) is 0 Å². The Morgan fingerprint density at radius 3 is 2.62 bits per heavy atom. The summed E-state index contributed by atoms with van der Waals surface area (Å²) in [4.78, 5) is 21.8. The van der Waals surface area contributed by atoms with E-state index in [1.807, 2.05) is 0 Å². The first kappa shape index (κ1) is 17.5. The third kappa shape index (κ3) is 4.42. The molecule has 0 aliphatic heterocycles. The Morgan fingerprint density at radius 1 is 1.19 bits per heavy atom. The van der Waals surface area contributed by atoms with Gasteiger partial charge in [-0.05, 0) is 46.3 Å². The van der Waals surface area contributed by atoms with Gasteiger partial charge in [-0.2, -0.15) is 0 Å². The molecule has 0 spiro atoms. The van der Waals surface area contributed by atoms with Crippen molar-refractivity contribution in [2.45, 2.75) is 6.61 Å². The molecule has 0 amide bonds. The number of benzene rings is 1. The standard InChI is InChI=1S/C16H10BrN3O6/c17-13-7-5-12(25-13)6-8-15(21)24-9-14-18-19-16(26-14)10-1-3-11(4-2-10)20(22)23/h1-8H,9H2. The fourth-order valence-electron chi connectivity index (χ4n) is 1.90. The summed E-state index contributed by atoms with van der Waals surface area (Å²) in [5.74, 6) is 0.155. The van der Waals surface area contributed by atoms with Crippen LogP contribution in [-0.4, -0.2) is 21.1 Å². The second-order valence-electron chi connectivity index (χ2n) is 4.89. The van der Waals surface area contributed by atoms with E-state index in [4.69, 9.17) is 13.6 Å². The monoisotopic (exact) mass is 419 g/mol. The summed E-state index contributed by atoms with van der Waals surface area (Å²) in [6.07, 6.45) is 2.67. The number of aromatic nitrogens is 2. The summed E-state index contributed by atoms with van der Waals surface area (Å²) in [5, 5.41) is 18.2. The SMILES string of the molecule is O=C(C=Cc1ccc(Br)o1)OCc1nnc(-c2ccc([N+](=O)[O-])cc2)o1. The van der Waals surface area contributed by atoms with Gasteiger partial charge < -0.3 is 13.6 Å². The van der Waals surface area contributed by atoms with E-state index >= 15 is 0 Å². The van der Waals surface area contributed by atoms with Crippen LogP contribution in [0.5, 0.6) is 0 Å². The van der Waals surface area contributed by atoms with E-state index in [9.17, 15) is 14.9 Å². The maximum Gasteiger partial charge on any atom is 0.331 e. The highest BCUT2D eigenvalue weighted by Crippen LogP contribution is 2.21. The molecule has 1 aromatic carbocycles. The lowest BCUT2D eigenvalue weighted by Gasteiger charge is -1.97. The Bertz CT molecular complexity index is 961. The van der Waals surface area contributed by atoms with Gasteiger partial charge in [-0.15, -0.1) is 10.2 Å². The van der Waals surface area contributed by atoms with Crippen LogP contribution in [-0.2, 0) is 16.1 Å². The van der Waals surface area contributed by atoms with Gasteiger partial charge in [0.05, 0.1) is 4.92 Å². The van der Waals surface area contributed by atoms with Gasteiger partial charge in [0.25, 0.3) is 11.6 Å². The first-order valence-corrected chi connectivity index (χ1v) is 7.98. The Balaban J connectivity index is 1.57. The summed E-state index contributed by atoms with van der Waals surface area (Å²) >= 11 is 3.16. The molecule has 9 nitrogen and oxygen atoms in total. The third-order valence-corrected chi connectivity index (χ3v) is 3.53. The summed E-state index contributed by atoms with van der Waals surface area (Å²) in [6, 6.07) is 9.02. The summed E-state index contributed by atoms with van der Waals surface area (Å²) in [7, 11) is 0. The maximum absolute atomic E-state index is 11.7. The lowest BCUT2D eigenvalue weighted by atomic mass is 10.2. The molecule has 0 bridgehead atoms. The molecule has 0 fully saturated rings. The zero-order valence-electron chi connectivity index (χ0n) is 13.0. The zero-order valence-corrected chi connectivity index (χ0v) is 14.6. The fourth-order valence-corrected chi connectivity index (χ4v) is 2.22. The number of nitro benzene ring substituents is 1. The molecule has 2 aromatic heterocycles. The highest BCUT2D eigenvalue weighted by molar-refractivity contribution is 9.10. The molecule has 0 aliphatic rings. The minimum absolute atomic E-state index is 0.0437. The topological polar surface area (TPSA) is 122 Å². The molecular weight excluding hydrogens is 410 g/mol. The lowest BCUT2D eigenvalue weighted by Crippen LogP contribution is -2.00. The van der Waals surface area contributed by atoms with Crippen molar-refractivity contribution >= 4 is 33.7 Å². The number of nitrogens with zero attached hydrogens (tertiary/aromatic N) is 3. The van der Waals surface area contributed by atoms with Crippen LogP contribution in [0.1, 0.15) is 11.7 Å². The van der Waals surface area contributed by atoms with E-state index in [0.29, 0.717) is 16.0 Å². The van der Waals surface area contributed by atoms with Gasteiger partial charge in [0.2, 0.25) is 5.89 Å². The van der Waals surface area contributed by atoms with Gasteiger partial charge in [0.15, 0.2) is 11.3 Å². The number of carbonyl (C=O) groups excluding carboxylic acids is 1. The van der Waals surface area contributed by atoms with Crippen molar-refractivity contribution in [3.63, 3.8) is 0 Å². The van der Waals surface area contributed by atoms with Crippen LogP contribution in [0.2, 0.25) is 0 Å². The predicted octanol–water partition coefficient (Wildman–Crippen LogP) is 3.76. The maximum atomic E-state index is 11.7. The van der Waals surface area contributed by atoms with Gasteiger partial charge in [-0.3, -0.25) is 10.1 Å². The van der Waals surface area contributed by atoms with Crippen LogP contribution >= 0.6 is 15.9 Å². The number of esters is 1. The van der Waals surface area contributed by atoms with E-state index in [1.54, 1.807) is 12.1 Å². The highest BCUT2D eigenvalue weighted by atomic mass is 79.9. The predicted molar refractivity (Wildman–Crippen MR) is 91.6 cm³/mol. The molecule has 0 saturated heterocycles. The highest BCUT2D eigenvalue weighted by Gasteiger charge is 2.12. The first-order chi connectivity index (χ1) is 12.5. The number of halogens is 1. The smallest absolute Gasteiger partial charge is 0.331 e. The van der Waals surface area contributed by atoms with Gasteiger partial charge in [-0.25, -0.2) is 4.79 Å². The minimum atomic E-state index is -0.604. The van der Waals surface area contributed by atoms with Crippen LogP contribution in [0.25, 0.3) is 17.5 Å². The number of ether oxygens (including phenoxy) is 1. The van der Waals surface area contributed by atoms with Crippen molar-refractivity contribution in [2.24, 2.45) is 0 Å². The number of hydrogen-bond acceptors (Lipinski definition) is 8. The van der Waals surface area contributed by atoms with E-state index in [1.165, 1.54) is 36.4 Å². The fraction of sp³-hybridized carbons (Fsp3) is 0.0625. The van der Waals surface area contributed by atoms with E-state index in [0.717, 1.165) is 0 Å². The molecule has 10 heteroatoms. The Hall–Kier alpha value is -3.27. The van der Waals surface area contributed by atoms with Crippen LogP contribution in [0.3, 0.4) is 0 Å². The average Bonchev–Trinajstić information content (AvgIpc) is 3.27. The Kier molecular flexibility index (Phi) is 5.23. The van der Waals surface area contributed by atoms with Crippen molar-refractivity contribution in [3.05, 3.63) is 68.9 Å². The summed E-state index contributed by atoms with van der Waals surface area (Å²) < 4.78 is 16.1. The second kappa shape index (κ2) is 7.74. The number of nitro groups is 1. The van der Waals surface area contributed by atoms with Crippen molar-refractivity contribution in [2.75, 3.05) is 0 Å². The number of furan rings is 1. The quantitative estimate of drug-likeness (QED) is 0.256. The molecule has 26 heavy (non-hydrogen) atoms. The minimum Gasteiger partial charge on any atom is -0.452 e. The van der Waals surface area contributed by atoms with Crippen molar-refractivity contribution in [1.82, 2.24) is 10.2 Å². The molecule has 3 aromatic rings. The average molecular weight is 420 g/mol. The number of hydrogen-bond donors (Lipinski definition) is 0. The zero-order chi connectivity index (χ0) is 18.5. The molecule has 0 radical (unpaired) electrons. The number of carbonyl (C=O) groups is 1. The summed E-state index contributed by atoms with van der Waals surface area (Å²) in [5.41, 5.74) is 0.474. The molecule has 0 atom stereocenters. The van der Waals surface area contributed by atoms with Gasteiger partial charge in [-0.1, -0.05) is 0 Å². The van der Waals surface area contributed by atoms with E-state index in [-0.39, 0.29) is 24.1 Å². The lowest BCUT2D eigenvalue weighted by molar-refractivity contribution is -0.384. The molecule has 3 rings (SSSR count). The van der Waals surface area contributed by atoms with Crippen LogP contribution in [0.4, 0.5) is 5.69 Å². The van der Waals surface area contributed by atoms with Gasteiger partial charge in [0.1, 0.15) is 5.76 Å². The molecule has 2 heterocycles. The van der Waals surface area contributed by atoms with Crippen molar-refractivity contribution < 1.29 is 23.3 Å². The second-order valence-corrected chi connectivity index (χ2v) is 5.67. The van der Waals surface area contributed by atoms with Gasteiger partial charge >= 0.3 is 5.97 Å². The molecular formula is C16H10BrN3O6. The van der Waals surface area contributed by atoms with Crippen molar-refractivity contribution in [3.8, 4) is 11.5 Å². The van der Waals surface area contributed by atoms with Crippen LogP contribution in [0, 0.1) is 10.1 Å². The Morgan fingerprint density at radius 2 is 1.96 bits per heavy atom. The third-order valence-electron chi connectivity index (χ3n) is 3.11. The summed E-state index contributed by atoms with van der Waals surface area (Å²) in [6.45, 7) is -0.203. The van der Waals surface area contributed by atoms with E-state index < -0.39 is 10.9 Å². The molecule has 0 saturated carbocycles. The van der Waals surface area contributed by atoms with Crippen LogP contribution in [0.15, 0.2) is 56.0 Å². The number of non-ortho nitro benzene ring substituents is 1. The molecule has 0 unspecified atom stereocenters. The molecule has 132 valence electrons. The normalized spacial score (nSPS) is 11.0. The van der Waals surface area contributed by atoms with E-state index in [2.05, 4.69) is 26.1 Å². The Labute approximate surface area is 154 Å². The molecule has 0 N–H and O–H groups in total. The number of rotatable bonds is 6. The molecule has 0 aliphatic carbocycles. The van der Waals surface area contributed by atoms with Crippen LogP contribution < -0.4 is 0 Å². The largest absolute Gasteiger partial charge is 0.452 e.